The maximum atomic E-state index is 5.71. The molecule has 1 unspecified atom stereocenters. The first kappa shape index (κ1) is 12.1. The summed E-state index contributed by atoms with van der Waals surface area (Å²) in [5.74, 6) is 0.947. The molecule has 0 bridgehead atoms. The number of nitrogens with zero attached hydrogens (tertiary/aromatic N) is 4. The van der Waals surface area contributed by atoms with E-state index in [1.54, 1.807) is 0 Å². The predicted molar refractivity (Wildman–Crippen MR) is 74.1 cm³/mol. The molecule has 0 spiro atoms. The van der Waals surface area contributed by atoms with Gasteiger partial charge in [-0.05, 0) is 18.9 Å². The third kappa shape index (κ3) is 2.14. The minimum Gasteiger partial charge on any atom is -0.376 e. The number of hydrogen-bond donors (Lipinski definition) is 1. The lowest BCUT2D eigenvalue weighted by Gasteiger charge is -2.13. The van der Waals surface area contributed by atoms with Crippen molar-refractivity contribution < 1.29 is 4.74 Å². The van der Waals surface area contributed by atoms with E-state index in [0.29, 0.717) is 6.10 Å². The lowest BCUT2D eigenvalue weighted by molar-refractivity contribution is 0.0973. The van der Waals surface area contributed by atoms with E-state index in [1.165, 1.54) is 12.1 Å². The fraction of sp³-hybridized carbons (Fsp3) is 0.571. The normalized spacial score (nSPS) is 22.1. The number of rotatable bonds is 3. The number of imidazole rings is 1. The quantitative estimate of drug-likeness (QED) is 0.907. The SMILES string of the molecule is c1cn(CC2CCCO2)c(-c2cc3n(n2)CCNC3)n1. The van der Waals surface area contributed by atoms with Crippen LogP contribution in [0.25, 0.3) is 11.5 Å². The largest absolute Gasteiger partial charge is 0.376 e. The molecule has 2 aromatic heterocycles. The van der Waals surface area contributed by atoms with E-state index in [4.69, 9.17) is 4.74 Å². The zero-order valence-electron chi connectivity index (χ0n) is 11.5. The predicted octanol–water partition coefficient (Wildman–Crippen LogP) is 1.03. The molecule has 106 valence electrons. The van der Waals surface area contributed by atoms with Crippen LogP contribution in [0.5, 0.6) is 0 Å². The molecule has 0 radical (unpaired) electrons. The van der Waals surface area contributed by atoms with Gasteiger partial charge in [-0.25, -0.2) is 4.98 Å². The van der Waals surface area contributed by atoms with Gasteiger partial charge in [0.2, 0.25) is 0 Å². The average molecular weight is 273 g/mol. The summed E-state index contributed by atoms with van der Waals surface area (Å²) in [4.78, 5) is 4.48. The summed E-state index contributed by atoms with van der Waals surface area (Å²) >= 11 is 0. The summed E-state index contributed by atoms with van der Waals surface area (Å²) in [6.07, 6.45) is 6.50. The standard InChI is InChI=1S/C14H19N5O/c1-2-12(20-7-1)10-18-5-4-16-14(18)13-8-11-9-15-3-6-19(11)17-13/h4-5,8,12,15H,1-3,6-7,9-10H2. The average Bonchev–Trinajstić information content (AvgIpc) is 3.18. The summed E-state index contributed by atoms with van der Waals surface area (Å²) in [7, 11) is 0. The van der Waals surface area contributed by atoms with Crippen LogP contribution in [0.3, 0.4) is 0 Å². The Balaban J connectivity index is 1.61. The highest BCUT2D eigenvalue weighted by Gasteiger charge is 2.20. The maximum absolute atomic E-state index is 5.71. The molecular formula is C14H19N5O. The molecule has 0 aliphatic carbocycles. The van der Waals surface area contributed by atoms with Crippen LogP contribution in [0.2, 0.25) is 0 Å². The fourth-order valence-corrected chi connectivity index (χ4v) is 3.00. The van der Waals surface area contributed by atoms with Crippen LogP contribution in [0.15, 0.2) is 18.5 Å². The molecule has 2 aromatic rings. The molecule has 6 nitrogen and oxygen atoms in total. The Bertz CT molecular complexity index is 573. The number of hydrogen-bond acceptors (Lipinski definition) is 4. The monoisotopic (exact) mass is 273 g/mol. The second-order valence-electron chi connectivity index (χ2n) is 5.46. The molecule has 20 heavy (non-hydrogen) atoms. The number of nitrogens with one attached hydrogen (secondary N) is 1. The minimum atomic E-state index is 0.321. The first-order valence-electron chi connectivity index (χ1n) is 7.31. The molecule has 1 saturated heterocycles. The smallest absolute Gasteiger partial charge is 0.160 e. The van der Waals surface area contributed by atoms with Crippen LogP contribution in [-0.4, -0.2) is 38.6 Å². The van der Waals surface area contributed by atoms with Crippen LogP contribution in [-0.2, 0) is 24.4 Å². The van der Waals surface area contributed by atoms with E-state index >= 15 is 0 Å². The zero-order valence-corrected chi connectivity index (χ0v) is 11.5. The van der Waals surface area contributed by atoms with Crippen molar-refractivity contribution in [3.05, 3.63) is 24.2 Å². The third-order valence-electron chi connectivity index (χ3n) is 4.04. The van der Waals surface area contributed by atoms with Crippen molar-refractivity contribution in [1.82, 2.24) is 24.6 Å². The van der Waals surface area contributed by atoms with Gasteiger partial charge in [0, 0.05) is 32.1 Å². The van der Waals surface area contributed by atoms with Crippen LogP contribution in [0, 0.1) is 0 Å². The Morgan fingerprint density at radius 1 is 1.45 bits per heavy atom. The first-order chi connectivity index (χ1) is 9.90. The number of aromatic nitrogens is 4. The van der Waals surface area contributed by atoms with Gasteiger partial charge in [0.05, 0.1) is 24.9 Å². The van der Waals surface area contributed by atoms with E-state index in [1.807, 2.05) is 12.4 Å². The van der Waals surface area contributed by atoms with Gasteiger partial charge in [-0.15, -0.1) is 0 Å². The molecule has 4 rings (SSSR count). The van der Waals surface area contributed by atoms with Gasteiger partial charge >= 0.3 is 0 Å². The highest BCUT2D eigenvalue weighted by molar-refractivity contribution is 5.50. The second-order valence-corrected chi connectivity index (χ2v) is 5.46. The zero-order chi connectivity index (χ0) is 13.4. The van der Waals surface area contributed by atoms with E-state index in [-0.39, 0.29) is 0 Å². The lowest BCUT2D eigenvalue weighted by Crippen LogP contribution is -2.28. The van der Waals surface area contributed by atoms with Crippen molar-refractivity contribution in [2.45, 2.75) is 38.6 Å². The minimum absolute atomic E-state index is 0.321. The van der Waals surface area contributed by atoms with Gasteiger partial charge in [-0.1, -0.05) is 0 Å². The Labute approximate surface area is 117 Å². The summed E-state index contributed by atoms with van der Waals surface area (Å²) in [6.45, 7) is 4.56. The Kier molecular flexibility index (Phi) is 3.05. The third-order valence-corrected chi connectivity index (χ3v) is 4.04. The summed E-state index contributed by atoms with van der Waals surface area (Å²) in [6, 6.07) is 2.14. The number of ether oxygens (including phenoxy) is 1. The molecular weight excluding hydrogens is 254 g/mol. The molecule has 1 atom stereocenters. The molecule has 6 heteroatoms. The summed E-state index contributed by atoms with van der Waals surface area (Å²) in [5, 5.41) is 8.05. The van der Waals surface area contributed by atoms with Gasteiger partial charge in [0.25, 0.3) is 0 Å². The number of fused-ring (bicyclic) bond motifs is 1. The highest BCUT2D eigenvalue weighted by Crippen LogP contribution is 2.21. The van der Waals surface area contributed by atoms with E-state index < -0.39 is 0 Å². The van der Waals surface area contributed by atoms with Crippen molar-refractivity contribution in [2.75, 3.05) is 13.2 Å². The van der Waals surface area contributed by atoms with Crippen LogP contribution in [0.4, 0.5) is 0 Å². The summed E-state index contributed by atoms with van der Waals surface area (Å²) in [5.41, 5.74) is 2.20. The van der Waals surface area contributed by atoms with Crippen molar-refractivity contribution >= 4 is 0 Å². The van der Waals surface area contributed by atoms with Crippen molar-refractivity contribution in [3.63, 3.8) is 0 Å². The molecule has 1 fully saturated rings. The van der Waals surface area contributed by atoms with Crippen LogP contribution < -0.4 is 5.32 Å². The molecule has 2 aliphatic rings. The molecule has 2 aliphatic heterocycles. The molecule has 0 aromatic carbocycles. The molecule has 0 amide bonds. The maximum Gasteiger partial charge on any atom is 0.160 e. The van der Waals surface area contributed by atoms with Gasteiger partial charge in [-0.2, -0.15) is 5.10 Å². The summed E-state index contributed by atoms with van der Waals surface area (Å²) < 4.78 is 9.96. The van der Waals surface area contributed by atoms with Crippen LogP contribution in [0.1, 0.15) is 18.5 Å². The first-order valence-corrected chi connectivity index (χ1v) is 7.31. The fourth-order valence-electron chi connectivity index (χ4n) is 3.00. The lowest BCUT2D eigenvalue weighted by atomic mass is 10.2. The van der Waals surface area contributed by atoms with Crippen LogP contribution >= 0.6 is 0 Å². The van der Waals surface area contributed by atoms with E-state index in [9.17, 15) is 0 Å². The second kappa shape index (κ2) is 5.03. The van der Waals surface area contributed by atoms with Gasteiger partial charge in [0.15, 0.2) is 5.82 Å². The molecule has 4 heterocycles. The molecule has 1 N–H and O–H groups in total. The van der Waals surface area contributed by atoms with Gasteiger partial charge in [-0.3, -0.25) is 4.68 Å². The highest BCUT2D eigenvalue weighted by atomic mass is 16.5. The van der Waals surface area contributed by atoms with Crippen molar-refractivity contribution in [3.8, 4) is 11.5 Å². The Morgan fingerprint density at radius 3 is 3.30 bits per heavy atom. The van der Waals surface area contributed by atoms with Gasteiger partial charge < -0.3 is 14.6 Å². The Hall–Kier alpha value is -1.66. The van der Waals surface area contributed by atoms with E-state index in [2.05, 4.69) is 30.7 Å². The molecule has 0 saturated carbocycles. The van der Waals surface area contributed by atoms with Crippen molar-refractivity contribution in [1.29, 1.82) is 0 Å². The van der Waals surface area contributed by atoms with Gasteiger partial charge in [0.1, 0.15) is 5.69 Å². The topological polar surface area (TPSA) is 56.9 Å². The van der Waals surface area contributed by atoms with Crippen molar-refractivity contribution in [2.24, 2.45) is 0 Å². The Morgan fingerprint density at radius 2 is 2.45 bits per heavy atom. The van der Waals surface area contributed by atoms with E-state index in [0.717, 1.165) is 50.7 Å².